The Morgan fingerprint density at radius 1 is 1.11 bits per heavy atom. The number of carbonyl (C=O) groups is 3. The van der Waals surface area contributed by atoms with Gasteiger partial charge in [-0.1, -0.05) is 24.3 Å². The maximum atomic E-state index is 12.4. The van der Waals surface area contributed by atoms with E-state index < -0.39 is 17.7 Å². The van der Waals surface area contributed by atoms with Crippen molar-refractivity contribution in [2.75, 3.05) is 17.6 Å². The number of thioether (sulfide) groups is 1. The number of anilines is 1. The summed E-state index contributed by atoms with van der Waals surface area (Å²) >= 11 is 1.47. The van der Waals surface area contributed by atoms with Crippen molar-refractivity contribution >= 4 is 35.2 Å². The Balaban J connectivity index is 1.68. The summed E-state index contributed by atoms with van der Waals surface area (Å²) in [6, 6.07) is 15.9. The number of nitriles is 1. The molecule has 136 valence electrons. The molecule has 7 heteroatoms. The normalized spacial score (nSPS) is 13.9. The summed E-state index contributed by atoms with van der Waals surface area (Å²) in [6.07, 6.45) is 0. The van der Waals surface area contributed by atoms with Gasteiger partial charge in [-0.25, -0.2) is 0 Å². The van der Waals surface area contributed by atoms with Gasteiger partial charge in [-0.05, 0) is 31.2 Å². The fourth-order valence-electron chi connectivity index (χ4n) is 2.66. The number of hydrogen-bond donors (Lipinski definition) is 1. The average Bonchev–Trinajstić information content (AvgIpc) is 2.92. The Morgan fingerprint density at radius 2 is 1.70 bits per heavy atom. The molecule has 2 aromatic rings. The molecule has 1 aliphatic heterocycles. The molecule has 3 amide bonds. The SMILES string of the molecule is C[C@@H](C#N)CSc1ccccc1NC(=O)CN1C(=O)c2ccccc2C1=O. The van der Waals surface area contributed by atoms with Crippen LogP contribution >= 0.6 is 11.8 Å². The first-order chi connectivity index (χ1) is 13.0. The maximum Gasteiger partial charge on any atom is 0.262 e. The van der Waals surface area contributed by atoms with Gasteiger partial charge in [0.05, 0.1) is 28.8 Å². The van der Waals surface area contributed by atoms with E-state index in [-0.39, 0.29) is 12.5 Å². The fourth-order valence-corrected chi connectivity index (χ4v) is 3.62. The summed E-state index contributed by atoms with van der Waals surface area (Å²) in [7, 11) is 0. The number of rotatable bonds is 6. The summed E-state index contributed by atoms with van der Waals surface area (Å²) in [5.74, 6) is -0.891. The van der Waals surface area contributed by atoms with Gasteiger partial charge in [-0.3, -0.25) is 19.3 Å². The average molecular weight is 379 g/mol. The highest BCUT2D eigenvalue weighted by Crippen LogP contribution is 2.29. The Hall–Kier alpha value is -3.11. The van der Waals surface area contributed by atoms with Crippen molar-refractivity contribution in [1.82, 2.24) is 4.90 Å². The lowest BCUT2D eigenvalue weighted by Gasteiger charge is -2.15. The van der Waals surface area contributed by atoms with Gasteiger partial charge in [0, 0.05) is 10.6 Å². The van der Waals surface area contributed by atoms with Crippen LogP contribution in [-0.2, 0) is 4.79 Å². The first-order valence-electron chi connectivity index (χ1n) is 8.37. The second-order valence-corrected chi connectivity index (χ2v) is 7.19. The van der Waals surface area contributed by atoms with E-state index in [4.69, 9.17) is 5.26 Å². The van der Waals surface area contributed by atoms with Gasteiger partial charge >= 0.3 is 0 Å². The minimum absolute atomic E-state index is 0.114. The quantitative estimate of drug-likeness (QED) is 0.615. The first kappa shape index (κ1) is 18.7. The molecule has 0 saturated heterocycles. The van der Waals surface area contributed by atoms with E-state index in [1.807, 2.05) is 19.1 Å². The zero-order valence-corrected chi connectivity index (χ0v) is 15.5. The van der Waals surface area contributed by atoms with Crippen LogP contribution in [0.5, 0.6) is 0 Å². The van der Waals surface area contributed by atoms with E-state index in [9.17, 15) is 14.4 Å². The number of nitrogens with one attached hydrogen (secondary N) is 1. The number of fused-ring (bicyclic) bond motifs is 1. The van der Waals surface area contributed by atoms with Crippen molar-refractivity contribution in [3.8, 4) is 6.07 Å². The third-order valence-corrected chi connectivity index (χ3v) is 5.38. The topological polar surface area (TPSA) is 90.3 Å². The van der Waals surface area contributed by atoms with Gasteiger partial charge in [-0.15, -0.1) is 11.8 Å². The third-order valence-electron chi connectivity index (χ3n) is 4.05. The zero-order chi connectivity index (χ0) is 19.4. The Morgan fingerprint density at radius 3 is 2.33 bits per heavy atom. The van der Waals surface area contributed by atoms with Gasteiger partial charge < -0.3 is 5.32 Å². The fraction of sp³-hybridized carbons (Fsp3) is 0.200. The monoisotopic (exact) mass is 379 g/mol. The van der Waals surface area contributed by atoms with Crippen LogP contribution in [0.2, 0.25) is 0 Å². The highest BCUT2D eigenvalue weighted by molar-refractivity contribution is 7.99. The molecule has 6 nitrogen and oxygen atoms in total. The van der Waals surface area contributed by atoms with E-state index in [1.54, 1.807) is 36.4 Å². The lowest BCUT2D eigenvalue weighted by atomic mass is 10.1. The second-order valence-electron chi connectivity index (χ2n) is 6.13. The third kappa shape index (κ3) is 4.01. The van der Waals surface area contributed by atoms with Crippen LogP contribution in [0.25, 0.3) is 0 Å². The summed E-state index contributed by atoms with van der Waals surface area (Å²) in [4.78, 5) is 38.9. The van der Waals surface area contributed by atoms with E-state index >= 15 is 0 Å². The predicted octanol–water partition coefficient (Wildman–Crippen LogP) is 3.17. The predicted molar refractivity (Wildman–Crippen MR) is 102 cm³/mol. The molecule has 2 aromatic carbocycles. The molecule has 0 unspecified atom stereocenters. The molecule has 27 heavy (non-hydrogen) atoms. The Kier molecular flexibility index (Phi) is 5.57. The van der Waals surface area contributed by atoms with E-state index in [2.05, 4.69) is 11.4 Å². The second kappa shape index (κ2) is 8.06. The molecule has 1 atom stereocenters. The van der Waals surface area contributed by atoms with Crippen molar-refractivity contribution in [1.29, 1.82) is 5.26 Å². The smallest absolute Gasteiger partial charge is 0.262 e. The molecule has 0 fully saturated rings. The van der Waals surface area contributed by atoms with Crippen molar-refractivity contribution in [3.05, 3.63) is 59.7 Å². The number of para-hydroxylation sites is 1. The first-order valence-corrected chi connectivity index (χ1v) is 9.36. The van der Waals surface area contributed by atoms with Crippen LogP contribution in [0.15, 0.2) is 53.4 Å². The van der Waals surface area contributed by atoms with Crippen molar-refractivity contribution in [2.45, 2.75) is 11.8 Å². The molecule has 0 radical (unpaired) electrons. The molecule has 1 N–H and O–H groups in total. The van der Waals surface area contributed by atoms with Crippen LogP contribution in [0, 0.1) is 17.2 Å². The van der Waals surface area contributed by atoms with Crippen molar-refractivity contribution in [3.63, 3.8) is 0 Å². The lowest BCUT2D eigenvalue weighted by Crippen LogP contribution is -2.37. The standard InChI is InChI=1S/C20H17N3O3S/c1-13(10-21)12-27-17-9-5-4-8-16(17)22-18(24)11-23-19(25)14-6-2-3-7-15(14)20(23)26/h2-9,13H,11-12H2,1H3,(H,22,24)/t13-/m0/s1. The number of amides is 3. The molecule has 0 aromatic heterocycles. The maximum absolute atomic E-state index is 12.4. The molecular weight excluding hydrogens is 362 g/mol. The van der Waals surface area contributed by atoms with Gasteiger partial charge in [-0.2, -0.15) is 5.26 Å². The summed E-state index contributed by atoms with van der Waals surface area (Å²) < 4.78 is 0. The number of hydrogen-bond acceptors (Lipinski definition) is 5. The lowest BCUT2D eigenvalue weighted by molar-refractivity contribution is -0.116. The minimum atomic E-state index is -0.462. The van der Waals surface area contributed by atoms with Crippen LogP contribution in [0.3, 0.4) is 0 Å². The number of benzene rings is 2. The van der Waals surface area contributed by atoms with Crippen LogP contribution < -0.4 is 5.32 Å². The Labute approximate surface area is 161 Å². The summed E-state index contributed by atoms with van der Waals surface area (Å²) in [5.41, 5.74) is 1.22. The molecule has 0 saturated carbocycles. The molecule has 0 spiro atoms. The zero-order valence-electron chi connectivity index (χ0n) is 14.6. The van der Waals surface area contributed by atoms with Gasteiger partial charge in [0.15, 0.2) is 0 Å². The minimum Gasteiger partial charge on any atom is -0.324 e. The van der Waals surface area contributed by atoms with E-state index in [0.29, 0.717) is 22.6 Å². The molecule has 0 bridgehead atoms. The van der Waals surface area contributed by atoms with Crippen LogP contribution in [0.1, 0.15) is 27.6 Å². The number of imide groups is 1. The molecule has 0 aliphatic carbocycles. The van der Waals surface area contributed by atoms with Crippen LogP contribution in [0.4, 0.5) is 5.69 Å². The van der Waals surface area contributed by atoms with Gasteiger partial charge in [0.2, 0.25) is 5.91 Å². The van der Waals surface area contributed by atoms with E-state index in [0.717, 1.165) is 9.80 Å². The number of carbonyl (C=O) groups excluding carboxylic acids is 3. The van der Waals surface area contributed by atoms with Crippen LogP contribution in [-0.4, -0.2) is 34.9 Å². The van der Waals surface area contributed by atoms with Gasteiger partial charge in [0.1, 0.15) is 6.54 Å². The van der Waals surface area contributed by atoms with Gasteiger partial charge in [0.25, 0.3) is 11.8 Å². The highest BCUT2D eigenvalue weighted by Gasteiger charge is 2.36. The largest absolute Gasteiger partial charge is 0.324 e. The van der Waals surface area contributed by atoms with E-state index in [1.165, 1.54) is 11.8 Å². The highest BCUT2D eigenvalue weighted by atomic mass is 32.2. The van der Waals surface area contributed by atoms with Crippen molar-refractivity contribution < 1.29 is 14.4 Å². The summed E-state index contributed by atoms with van der Waals surface area (Å²) in [5, 5.41) is 11.7. The van der Waals surface area contributed by atoms with Crippen molar-refractivity contribution in [2.24, 2.45) is 5.92 Å². The molecular formula is C20H17N3O3S. The molecule has 1 heterocycles. The molecule has 1 aliphatic rings. The molecule has 3 rings (SSSR count). The summed E-state index contributed by atoms with van der Waals surface area (Å²) in [6.45, 7) is 1.48. The number of nitrogens with zero attached hydrogens (tertiary/aromatic N) is 2. The Bertz CT molecular complexity index is 916.